The summed E-state index contributed by atoms with van der Waals surface area (Å²) >= 11 is 0. The highest BCUT2D eigenvalue weighted by Crippen LogP contribution is 2.31. The lowest BCUT2D eigenvalue weighted by Gasteiger charge is -2.35. The zero-order valence-electron chi connectivity index (χ0n) is 15.0. The molecule has 0 aromatic heterocycles. The molecule has 0 amide bonds. The molecule has 126 valence electrons. The largest absolute Gasteiger partial charge is 0.311 e. The Hall–Kier alpha value is -0.0400. The van der Waals surface area contributed by atoms with Crippen molar-refractivity contribution in [2.45, 2.75) is 122 Å². The summed E-state index contributed by atoms with van der Waals surface area (Å²) in [5.41, 5.74) is 0.509. The van der Waals surface area contributed by atoms with Gasteiger partial charge in [0.25, 0.3) is 0 Å². The Morgan fingerprint density at radius 2 is 1.24 bits per heavy atom. The molecule has 21 heavy (non-hydrogen) atoms. The van der Waals surface area contributed by atoms with E-state index in [2.05, 4.69) is 19.2 Å². The molecule has 1 aliphatic carbocycles. The van der Waals surface area contributed by atoms with E-state index in [0.717, 1.165) is 0 Å². The molecule has 1 heteroatoms. The van der Waals surface area contributed by atoms with Crippen LogP contribution in [0.15, 0.2) is 0 Å². The molecule has 1 aliphatic rings. The van der Waals surface area contributed by atoms with Crippen molar-refractivity contribution in [3.8, 4) is 0 Å². The summed E-state index contributed by atoms with van der Waals surface area (Å²) in [6.07, 6.45) is 22.8. The summed E-state index contributed by atoms with van der Waals surface area (Å²) < 4.78 is 0. The maximum absolute atomic E-state index is 4.03. The number of hydrogen-bond donors (Lipinski definition) is 1. The predicted octanol–water partition coefficient (Wildman–Crippen LogP) is 6.61. The van der Waals surface area contributed by atoms with Gasteiger partial charge in [-0.05, 0) is 32.2 Å². The van der Waals surface area contributed by atoms with E-state index in [4.69, 9.17) is 0 Å². The Morgan fingerprint density at radius 1 is 0.667 bits per heavy atom. The maximum Gasteiger partial charge on any atom is 0.0181 e. The van der Waals surface area contributed by atoms with Gasteiger partial charge in [0.15, 0.2) is 0 Å². The normalized spacial score (nSPS) is 18.6. The van der Waals surface area contributed by atoms with Gasteiger partial charge in [-0.2, -0.15) is 0 Å². The molecule has 0 spiro atoms. The Bertz CT molecular complexity index is 216. The molecule has 0 atom stereocenters. The molecule has 0 aromatic carbocycles. The SMILES string of the molecule is CCCCCCCNC1(CCCCCC)CCCCCC1. The quantitative estimate of drug-likeness (QED) is 0.315. The first-order valence-corrected chi connectivity index (χ1v) is 10.1. The lowest BCUT2D eigenvalue weighted by atomic mass is 9.84. The lowest BCUT2D eigenvalue weighted by molar-refractivity contribution is 0.254. The Labute approximate surface area is 134 Å². The van der Waals surface area contributed by atoms with Crippen LogP contribution in [-0.4, -0.2) is 12.1 Å². The van der Waals surface area contributed by atoms with Crippen molar-refractivity contribution in [1.29, 1.82) is 0 Å². The van der Waals surface area contributed by atoms with Gasteiger partial charge in [-0.15, -0.1) is 0 Å². The molecule has 1 rings (SSSR count). The van der Waals surface area contributed by atoms with Crippen molar-refractivity contribution in [2.75, 3.05) is 6.54 Å². The number of unbranched alkanes of at least 4 members (excludes halogenated alkanes) is 7. The summed E-state index contributed by atoms with van der Waals surface area (Å²) in [4.78, 5) is 0. The fraction of sp³-hybridized carbons (Fsp3) is 1.00. The standard InChI is InChI=1S/C20H41N/c1-3-5-7-11-15-19-21-20(16-12-8-6-4-2)17-13-9-10-14-18-20/h21H,3-19H2,1-2H3. The lowest BCUT2D eigenvalue weighted by Crippen LogP contribution is -2.45. The molecule has 0 unspecified atom stereocenters. The third-order valence-electron chi connectivity index (χ3n) is 5.35. The third-order valence-corrected chi connectivity index (χ3v) is 5.35. The maximum atomic E-state index is 4.03. The zero-order valence-corrected chi connectivity index (χ0v) is 15.0. The van der Waals surface area contributed by atoms with Gasteiger partial charge in [0.1, 0.15) is 0 Å². The molecule has 0 aliphatic heterocycles. The molecule has 0 bridgehead atoms. The van der Waals surface area contributed by atoms with Crippen LogP contribution in [0, 0.1) is 0 Å². The molecule has 1 saturated carbocycles. The second-order valence-corrected chi connectivity index (χ2v) is 7.35. The molecule has 0 aromatic rings. The van der Waals surface area contributed by atoms with Gasteiger partial charge < -0.3 is 5.32 Å². The summed E-state index contributed by atoms with van der Waals surface area (Å²) in [7, 11) is 0. The van der Waals surface area contributed by atoms with Crippen molar-refractivity contribution in [2.24, 2.45) is 0 Å². The minimum atomic E-state index is 0.509. The van der Waals surface area contributed by atoms with E-state index >= 15 is 0 Å². The van der Waals surface area contributed by atoms with Crippen molar-refractivity contribution < 1.29 is 0 Å². The van der Waals surface area contributed by atoms with Crippen molar-refractivity contribution >= 4 is 0 Å². The minimum Gasteiger partial charge on any atom is -0.311 e. The molecule has 0 heterocycles. The van der Waals surface area contributed by atoms with Crippen molar-refractivity contribution in [1.82, 2.24) is 5.32 Å². The second kappa shape index (κ2) is 12.5. The average Bonchev–Trinajstić information content (AvgIpc) is 2.74. The van der Waals surface area contributed by atoms with Gasteiger partial charge in [0, 0.05) is 5.54 Å². The third kappa shape index (κ3) is 8.86. The number of rotatable bonds is 12. The molecule has 1 nitrogen and oxygen atoms in total. The molecule has 0 radical (unpaired) electrons. The Balaban J connectivity index is 2.29. The summed E-state index contributed by atoms with van der Waals surface area (Å²) in [6.45, 7) is 5.88. The van der Waals surface area contributed by atoms with Gasteiger partial charge >= 0.3 is 0 Å². The summed E-state index contributed by atoms with van der Waals surface area (Å²) in [6, 6.07) is 0. The fourth-order valence-electron chi connectivity index (χ4n) is 3.89. The van der Waals surface area contributed by atoms with Crippen LogP contribution < -0.4 is 5.32 Å². The smallest absolute Gasteiger partial charge is 0.0181 e. The fourth-order valence-corrected chi connectivity index (χ4v) is 3.89. The number of hydrogen-bond acceptors (Lipinski definition) is 1. The first kappa shape index (κ1) is 19.0. The van der Waals surface area contributed by atoms with E-state index < -0.39 is 0 Å². The second-order valence-electron chi connectivity index (χ2n) is 7.35. The topological polar surface area (TPSA) is 12.0 Å². The van der Waals surface area contributed by atoms with Crippen molar-refractivity contribution in [3.63, 3.8) is 0 Å². The van der Waals surface area contributed by atoms with E-state index in [1.54, 1.807) is 0 Å². The van der Waals surface area contributed by atoms with E-state index in [1.807, 2.05) is 0 Å². The van der Waals surface area contributed by atoms with Gasteiger partial charge in [-0.3, -0.25) is 0 Å². The van der Waals surface area contributed by atoms with E-state index in [-0.39, 0.29) is 0 Å². The van der Waals surface area contributed by atoms with Crippen LogP contribution in [0.5, 0.6) is 0 Å². The first-order chi connectivity index (χ1) is 10.3. The van der Waals surface area contributed by atoms with Crippen LogP contribution in [0.1, 0.15) is 117 Å². The van der Waals surface area contributed by atoms with E-state index in [9.17, 15) is 0 Å². The van der Waals surface area contributed by atoms with Crippen LogP contribution in [0.2, 0.25) is 0 Å². The van der Waals surface area contributed by atoms with Crippen LogP contribution in [0.4, 0.5) is 0 Å². The van der Waals surface area contributed by atoms with Crippen LogP contribution in [0.3, 0.4) is 0 Å². The van der Waals surface area contributed by atoms with Crippen LogP contribution in [-0.2, 0) is 0 Å². The van der Waals surface area contributed by atoms with Crippen molar-refractivity contribution in [3.05, 3.63) is 0 Å². The minimum absolute atomic E-state index is 0.509. The van der Waals surface area contributed by atoms with Gasteiger partial charge in [-0.25, -0.2) is 0 Å². The van der Waals surface area contributed by atoms with Crippen LogP contribution in [0.25, 0.3) is 0 Å². The summed E-state index contributed by atoms with van der Waals surface area (Å²) in [5, 5.41) is 4.03. The Kier molecular flexibility index (Phi) is 11.3. The van der Waals surface area contributed by atoms with E-state index in [0.29, 0.717) is 5.54 Å². The highest BCUT2D eigenvalue weighted by molar-refractivity contribution is 4.89. The average molecular weight is 296 g/mol. The predicted molar refractivity (Wildman–Crippen MR) is 96.0 cm³/mol. The molecule has 1 N–H and O–H groups in total. The zero-order chi connectivity index (χ0) is 15.2. The highest BCUT2D eigenvalue weighted by Gasteiger charge is 2.29. The van der Waals surface area contributed by atoms with E-state index in [1.165, 1.54) is 109 Å². The monoisotopic (exact) mass is 295 g/mol. The molecule has 0 saturated heterocycles. The van der Waals surface area contributed by atoms with Gasteiger partial charge in [-0.1, -0.05) is 90.9 Å². The first-order valence-electron chi connectivity index (χ1n) is 10.1. The Morgan fingerprint density at radius 3 is 1.86 bits per heavy atom. The molecule has 1 fully saturated rings. The van der Waals surface area contributed by atoms with Gasteiger partial charge in [0.2, 0.25) is 0 Å². The highest BCUT2D eigenvalue weighted by atomic mass is 15.0. The molecular formula is C20H41N. The van der Waals surface area contributed by atoms with Crippen LogP contribution >= 0.6 is 0 Å². The molecular weight excluding hydrogens is 254 g/mol. The van der Waals surface area contributed by atoms with Gasteiger partial charge in [0.05, 0.1) is 0 Å². The summed E-state index contributed by atoms with van der Waals surface area (Å²) in [5.74, 6) is 0. The number of nitrogens with one attached hydrogen (secondary N) is 1.